The van der Waals surface area contributed by atoms with E-state index in [0.29, 0.717) is 29.8 Å². The number of nitrogens with two attached hydrogens (primary N) is 1. The summed E-state index contributed by atoms with van der Waals surface area (Å²) in [5.41, 5.74) is 5.48. The minimum atomic E-state index is -3.33. The molecule has 0 aliphatic carbocycles. The van der Waals surface area contributed by atoms with Crippen molar-refractivity contribution >= 4 is 21.4 Å². The van der Waals surface area contributed by atoms with Crippen molar-refractivity contribution in [1.29, 1.82) is 0 Å². The Morgan fingerprint density at radius 3 is 2.56 bits per heavy atom. The van der Waals surface area contributed by atoms with Crippen LogP contribution in [-0.4, -0.2) is 32.4 Å². The van der Waals surface area contributed by atoms with Crippen LogP contribution in [0.3, 0.4) is 0 Å². The van der Waals surface area contributed by atoms with Gasteiger partial charge < -0.3 is 5.73 Å². The highest BCUT2D eigenvalue weighted by atomic mass is 32.2. The second-order valence-corrected chi connectivity index (χ2v) is 7.94. The van der Waals surface area contributed by atoms with Gasteiger partial charge in [-0.3, -0.25) is 0 Å². The van der Waals surface area contributed by atoms with Crippen LogP contribution in [-0.2, 0) is 16.4 Å². The predicted octanol–water partition coefficient (Wildman–Crippen LogP) is 1.92. The molecule has 0 unspecified atom stereocenters. The van der Waals surface area contributed by atoms with E-state index in [9.17, 15) is 8.42 Å². The van der Waals surface area contributed by atoms with Crippen LogP contribution in [0.5, 0.6) is 0 Å². The van der Waals surface area contributed by atoms with Crippen molar-refractivity contribution in [2.45, 2.75) is 31.4 Å². The third-order valence-electron chi connectivity index (χ3n) is 2.54. The molecule has 6 heteroatoms. The van der Waals surface area contributed by atoms with Gasteiger partial charge in [0, 0.05) is 18.0 Å². The maximum Gasteiger partial charge on any atom is 0.252 e. The van der Waals surface area contributed by atoms with Crippen LogP contribution in [0.15, 0.2) is 16.3 Å². The summed E-state index contributed by atoms with van der Waals surface area (Å²) < 4.78 is 26.8. The van der Waals surface area contributed by atoms with E-state index in [2.05, 4.69) is 0 Å². The van der Waals surface area contributed by atoms with Gasteiger partial charge in [0.05, 0.1) is 0 Å². The van der Waals surface area contributed by atoms with E-state index in [1.165, 1.54) is 15.6 Å². The van der Waals surface area contributed by atoms with Gasteiger partial charge in [-0.1, -0.05) is 20.8 Å². The van der Waals surface area contributed by atoms with Crippen LogP contribution in [0, 0.1) is 5.92 Å². The van der Waals surface area contributed by atoms with Gasteiger partial charge in [0.1, 0.15) is 4.21 Å². The van der Waals surface area contributed by atoms with Crippen LogP contribution in [0.2, 0.25) is 0 Å². The van der Waals surface area contributed by atoms with E-state index >= 15 is 0 Å². The predicted molar refractivity (Wildman–Crippen MR) is 76.3 cm³/mol. The molecule has 0 aromatic carbocycles. The molecular weight excluding hydrogens is 268 g/mol. The van der Waals surface area contributed by atoms with Gasteiger partial charge in [-0.25, -0.2) is 8.42 Å². The molecule has 104 valence electrons. The summed E-state index contributed by atoms with van der Waals surface area (Å²) in [4.78, 5) is 1.02. The molecule has 4 nitrogen and oxygen atoms in total. The van der Waals surface area contributed by atoms with Crippen molar-refractivity contribution in [3.8, 4) is 0 Å². The smallest absolute Gasteiger partial charge is 0.252 e. The molecular formula is C12H22N2O2S2. The van der Waals surface area contributed by atoms with E-state index in [0.717, 1.165) is 11.3 Å². The van der Waals surface area contributed by atoms with E-state index < -0.39 is 10.0 Å². The number of hydrogen-bond acceptors (Lipinski definition) is 4. The van der Waals surface area contributed by atoms with Crippen LogP contribution in [0.4, 0.5) is 0 Å². The topological polar surface area (TPSA) is 63.4 Å². The Morgan fingerprint density at radius 2 is 2.06 bits per heavy atom. The lowest BCUT2D eigenvalue weighted by molar-refractivity contribution is 0.382. The number of sulfonamides is 1. The molecule has 0 spiro atoms. The first kappa shape index (κ1) is 15.6. The number of hydrogen-bond donors (Lipinski definition) is 1. The van der Waals surface area contributed by atoms with Crippen molar-refractivity contribution in [3.05, 3.63) is 17.0 Å². The Bertz CT molecular complexity index is 466. The fourth-order valence-electron chi connectivity index (χ4n) is 1.71. The van der Waals surface area contributed by atoms with Crippen LogP contribution >= 0.6 is 11.3 Å². The average molecular weight is 290 g/mol. The van der Waals surface area contributed by atoms with Crippen molar-refractivity contribution in [1.82, 2.24) is 4.31 Å². The molecule has 0 aliphatic heterocycles. The zero-order valence-corrected chi connectivity index (χ0v) is 12.9. The Hall–Kier alpha value is -0.430. The van der Waals surface area contributed by atoms with Crippen molar-refractivity contribution in [2.24, 2.45) is 11.7 Å². The molecule has 0 saturated heterocycles. The monoisotopic (exact) mass is 290 g/mol. The summed E-state index contributed by atoms with van der Waals surface area (Å²) in [7, 11) is -3.33. The maximum absolute atomic E-state index is 12.4. The highest BCUT2D eigenvalue weighted by Crippen LogP contribution is 2.25. The van der Waals surface area contributed by atoms with E-state index in [4.69, 9.17) is 5.73 Å². The number of nitrogens with zero attached hydrogens (tertiary/aromatic N) is 1. The summed E-state index contributed by atoms with van der Waals surface area (Å²) >= 11 is 1.33. The first-order chi connectivity index (χ1) is 8.41. The van der Waals surface area contributed by atoms with Gasteiger partial charge >= 0.3 is 0 Å². The SMILES string of the molecule is CCN(CC(C)C)S(=O)(=O)c1ccc(CCN)s1. The van der Waals surface area contributed by atoms with Gasteiger partial charge in [0.25, 0.3) is 10.0 Å². The molecule has 0 saturated carbocycles. The lowest BCUT2D eigenvalue weighted by atomic mass is 10.2. The molecule has 1 aromatic rings. The second-order valence-electron chi connectivity index (χ2n) is 4.61. The zero-order chi connectivity index (χ0) is 13.8. The molecule has 1 aromatic heterocycles. The Labute approximate surface area is 114 Å². The summed E-state index contributed by atoms with van der Waals surface area (Å²) in [6.45, 7) is 7.52. The van der Waals surface area contributed by atoms with Crippen molar-refractivity contribution in [2.75, 3.05) is 19.6 Å². The minimum Gasteiger partial charge on any atom is -0.330 e. The fourth-order valence-corrected chi connectivity index (χ4v) is 4.84. The normalized spacial score (nSPS) is 12.6. The Morgan fingerprint density at radius 1 is 1.39 bits per heavy atom. The van der Waals surface area contributed by atoms with E-state index in [1.807, 2.05) is 26.8 Å². The average Bonchev–Trinajstić information content (AvgIpc) is 2.75. The van der Waals surface area contributed by atoms with Crippen molar-refractivity contribution < 1.29 is 8.42 Å². The minimum absolute atomic E-state index is 0.322. The van der Waals surface area contributed by atoms with E-state index in [1.54, 1.807) is 6.07 Å². The molecule has 0 aliphatic rings. The largest absolute Gasteiger partial charge is 0.330 e. The third kappa shape index (κ3) is 3.78. The molecule has 18 heavy (non-hydrogen) atoms. The first-order valence-corrected chi connectivity index (χ1v) is 8.46. The van der Waals surface area contributed by atoms with Crippen LogP contribution in [0.1, 0.15) is 25.6 Å². The molecule has 1 rings (SSSR count). The number of rotatable bonds is 7. The maximum atomic E-state index is 12.4. The summed E-state index contributed by atoms with van der Waals surface area (Å²) in [6, 6.07) is 3.54. The van der Waals surface area contributed by atoms with Gasteiger partial charge in [0.15, 0.2) is 0 Å². The lowest BCUT2D eigenvalue weighted by Gasteiger charge is -2.21. The molecule has 0 atom stereocenters. The lowest BCUT2D eigenvalue weighted by Crippen LogP contribution is -2.33. The standard InChI is InChI=1S/C12H22N2O2S2/c1-4-14(9-10(2)3)18(15,16)12-6-5-11(17-12)7-8-13/h5-6,10H,4,7-9,13H2,1-3H3. The Kier molecular flexibility index (Phi) is 5.78. The van der Waals surface area contributed by atoms with E-state index in [-0.39, 0.29) is 0 Å². The third-order valence-corrected chi connectivity index (χ3v) is 6.10. The quantitative estimate of drug-likeness (QED) is 0.834. The number of thiophene rings is 1. The highest BCUT2D eigenvalue weighted by Gasteiger charge is 2.25. The molecule has 0 amide bonds. The summed E-state index contributed by atoms with van der Waals surface area (Å²) in [5.74, 6) is 0.322. The van der Waals surface area contributed by atoms with Gasteiger partial charge in [-0.2, -0.15) is 4.31 Å². The fraction of sp³-hybridized carbons (Fsp3) is 0.667. The summed E-state index contributed by atoms with van der Waals surface area (Å²) in [5, 5.41) is 0. The van der Waals surface area contributed by atoms with Gasteiger partial charge in [0.2, 0.25) is 0 Å². The summed E-state index contributed by atoms with van der Waals surface area (Å²) in [6.07, 6.45) is 0.733. The van der Waals surface area contributed by atoms with Crippen molar-refractivity contribution in [3.63, 3.8) is 0 Å². The first-order valence-electron chi connectivity index (χ1n) is 6.20. The molecule has 0 radical (unpaired) electrons. The van der Waals surface area contributed by atoms with Crippen LogP contribution < -0.4 is 5.73 Å². The molecule has 0 bridgehead atoms. The van der Waals surface area contributed by atoms with Crippen LogP contribution in [0.25, 0.3) is 0 Å². The Balaban J connectivity index is 2.95. The molecule has 1 heterocycles. The second kappa shape index (κ2) is 6.65. The van der Waals surface area contributed by atoms with Gasteiger partial charge in [-0.15, -0.1) is 11.3 Å². The molecule has 2 N–H and O–H groups in total. The highest BCUT2D eigenvalue weighted by molar-refractivity contribution is 7.91. The van der Waals surface area contributed by atoms with Gasteiger partial charge in [-0.05, 0) is 31.0 Å². The zero-order valence-electron chi connectivity index (χ0n) is 11.2. The molecule has 0 fully saturated rings.